The highest BCUT2D eigenvalue weighted by molar-refractivity contribution is 7.13. The highest BCUT2D eigenvalue weighted by Crippen LogP contribution is 2.39. The summed E-state index contributed by atoms with van der Waals surface area (Å²) in [6.07, 6.45) is 3.44. The average molecular weight is 470 g/mol. The van der Waals surface area contributed by atoms with E-state index in [0.717, 1.165) is 21.7 Å². The maximum atomic E-state index is 11.1. The van der Waals surface area contributed by atoms with Gasteiger partial charge in [0.15, 0.2) is 0 Å². The van der Waals surface area contributed by atoms with Gasteiger partial charge in [-0.25, -0.2) is 9.78 Å². The molecular weight excluding hydrogens is 450 g/mol. The molecule has 0 radical (unpaired) electrons. The number of nitrogens with two attached hydrogens (primary N) is 1. The first-order valence-electron chi connectivity index (χ1n) is 10.4. The molecule has 0 saturated carbocycles. The van der Waals surface area contributed by atoms with Gasteiger partial charge in [-0.15, -0.1) is 11.3 Å². The SMILES string of the molecule is Nc1c(-c2ccc(-c3cccnc3)o2)cc(-c2cccs2)nc1OCc1ccc(C(=O)O)cc1. The van der Waals surface area contributed by atoms with Crippen molar-refractivity contribution in [3.8, 4) is 39.1 Å². The predicted molar refractivity (Wildman–Crippen MR) is 131 cm³/mol. The fourth-order valence-electron chi connectivity index (χ4n) is 3.44. The number of nitrogens with zero attached hydrogens (tertiary/aromatic N) is 2. The van der Waals surface area contributed by atoms with Crippen LogP contribution in [-0.2, 0) is 6.61 Å². The Balaban J connectivity index is 1.49. The maximum absolute atomic E-state index is 11.1. The molecule has 0 amide bonds. The third-order valence-electron chi connectivity index (χ3n) is 5.19. The van der Waals surface area contributed by atoms with Crippen LogP contribution in [0, 0.1) is 0 Å². The summed E-state index contributed by atoms with van der Waals surface area (Å²) in [5, 5.41) is 11.1. The molecule has 0 aliphatic heterocycles. The number of nitrogen functional groups attached to an aromatic ring is 1. The van der Waals surface area contributed by atoms with Crippen LogP contribution in [0.5, 0.6) is 5.88 Å². The van der Waals surface area contributed by atoms with E-state index < -0.39 is 5.97 Å². The van der Waals surface area contributed by atoms with Crippen LogP contribution in [-0.4, -0.2) is 21.0 Å². The highest BCUT2D eigenvalue weighted by Gasteiger charge is 2.18. The normalized spacial score (nSPS) is 10.8. The molecule has 5 rings (SSSR count). The first-order chi connectivity index (χ1) is 16.6. The Kier molecular flexibility index (Phi) is 5.80. The van der Waals surface area contributed by atoms with Gasteiger partial charge >= 0.3 is 5.97 Å². The predicted octanol–water partition coefficient (Wildman–Crippen LogP) is 5.99. The van der Waals surface area contributed by atoms with Crippen LogP contribution < -0.4 is 10.5 Å². The zero-order chi connectivity index (χ0) is 23.5. The summed E-state index contributed by atoms with van der Waals surface area (Å²) in [5.41, 5.74) is 10.1. The van der Waals surface area contributed by atoms with Gasteiger partial charge in [-0.1, -0.05) is 18.2 Å². The number of aromatic carboxylic acids is 1. The molecule has 1 aromatic carbocycles. The summed E-state index contributed by atoms with van der Waals surface area (Å²) in [6, 6.07) is 19.8. The second-order valence-electron chi connectivity index (χ2n) is 7.45. The van der Waals surface area contributed by atoms with Crippen LogP contribution in [0.3, 0.4) is 0 Å². The van der Waals surface area contributed by atoms with Crippen LogP contribution in [0.2, 0.25) is 0 Å². The number of furan rings is 1. The summed E-state index contributed by atoms with van der Waals surface area (Å²) in [7, 11) is 0. The molecule has 4 heterocycles. The Morgan fingerprint density at radius 3 is 2.59 bits per heavy atom. The number of aromatic nitrogens is 2. The molecule has 0 spiro atoms. The number of hydrogen-bond donors (Lipinski definition) is 2. The van der Waals surface area contributed by atoms with Gasteiger partial charge in [0, 0.05) is 23.5 Å². The van der Waals surface area contributed by atoms with E-state index in [9.17, 15) is 4.79 Å². The van der Waals surface area contributed by atoms with Crippen molar-refractivity contribution in [2.75, 3.05) is 5.73 Å². The molecule has 0 atom stereocenters. The van der Waals surface area contributed by atoms with Gasteiger partial charge in [0.2, 0.25) is 5.88 Å². The lowest BCUT2D eigenvalue weighted by Crippen LogP contribution is -2.04. The van der Waals surface area contributed by atoms with Gasteiger partial charge in [0.1, 0.15) is 23.8 Å². The summed E-state index contributed by atoms with van der Waals surface area (Å²) in [5.74, 6) is 0.573. The van der Waals surface area contributed by atoms with E-state index in [-0.39, 0.29) is 18.1 Å². The van der Waals surface area contributed by atoms with E-state index >= 15 is 0 Å². The minimum atomic E-state index is -0.976. The summed E-state index contributed by atoms with van der Waals surface area (Å²) < 4.78 is 12.1. The van der Waals surface area contributed by atoms with Crippen molar-refractivity contribution >= 4 is 23.0 Å². The molecule has 8 heteroatoms. The third kappa shape index (κ3) is 4.39. The number of anilines is 1. The third-order valence-corrected chi connectivity index (χ3v) is 6.08. The van der Waals surface area contributed by atoms with E-state index in [0.29, 0.717) is 22.8 Å². The second-order valence-corrected chi connectivity index (χ2v) is 8.40. The van der Waals surface area contributed by atoms with Crippen molar-refractivity contribution in [1.29, 1.82) is 0 Å². The molecule has 0 bridgehead atoms. The molecule has 0 unspecified atom stereocenters. The van der Waals surface area contributed by atoms with Crippen molar-refractivity contribution in [3.63, 3.8) is 0 Å². The lowest BCUT2D eigenvalue weighted by molar-refractivity contribution is 0.0697. The molecule has 168 valence electrons. The van der Waals surface area contributed by atoms with Gasteiger partial charge in [0.25, 0.3) is 0 Å². The van der Waals surface area contributed by atoms with Crippen molar-refractivity contribution in [1.82, 2.24) is 9.97 Å². The Morgan fingerprint density at radius 2 is 1.88 bits per heavy atom. The fraction of sp³-hybridized carbons (Fsp3) is 0.0385. The largest absolute Gasteiger partial charge is 0.478 e. The number of ether oxygens (including phenoxy) is 1. The van der Waals surface area contributed by atoms with E-state index in [1.807, 2.05) is 47.8 Å². The van der Waals surface area contributed by atoms with Crippen LogP contribution in [0.1, 0.15) is 15.9 Å². The Morgan fingerprint density at radius 1 is 1.06 bits per heavy atom. The molecule has 34 heavy (non-hydrogen) atoms. The number of pyridine rings is 2. The summed E-state index contributed by atoms with van der Waals surface area (Å²) in [4.78, 5) is 20.8. The number of thiophene rings is 1. The van der Waals surface area contributed by atoms with Crippen molar-refractivity contribution in [2.45, 2.75) is 6.61 Å². The van der Waals surface area contributed by atoms with E-state index in [1.165, 1.54) is 12.1 Å². The monoisotopic (exact) mass is 469 g/mol. The molecule has 4 aromatic heterocycles. The molecule has 0 saturated heterocycles. The lowest BCUT2D eigenvalue weighted by Gasteiger charge is -2.13. The van der Waals surface area contributed by atoms with Crippen LogP contribution in [0.4, 0.5) is 5.69 Å². The standard InChI is InChI=1S/C26H19N3O4S/c27-24-19(22-10-9-21(33-22)18-3-1-11-28-14-18)13-20(23-4-2-12-34-23)29-25(24)32-15-16-5-7-17(8-6-16)26(30)31/h1-14H,15,27H2,(H,30,31). The topological polar surface area (TPSA) is 111 Å². The fourth-order valence-corrected chi connectivity index (χ4v) is 4.12. The van der Waals surface area contributed by atoms with Gasteiger partial charge in [-0.2, -0.15) is 0 Å². The zero-order valence-corrected chi connectivity index (χ0v) is 18.7. The summed E-state index contributed by atoms with van der Waals surface area (Å²) >= 11 is 1.56. The van der Waals surface area contributed by atoms with Gasteiger partial charge in [0.05, 0.1) is 16.1 Å². The molecule has 0 aliphatic rings. The number of carboxylic acids is 1. The Bertz CT molecular complexity index is 1430. The lowest BCUT2D eigenvalue weighted by atomic mass is 10.1. The highest BCUT2D eigenvalue weighted by atomic mass is 32.1. The van der Waals surface area contributed by atoms with Crippen molar-refractivity contribution < 1.29 is 19.1 Å². The molecule has 0 fully saturated rings. The minimum absolute atomic E-state index is 0.184. The van der Waals surface area contributed by atoms with Crippen molar-refractivity contribution in [2.24, 2.45) is 0 Å². The zero-order valence-electron chi connectivity index (χ0n) is 17.8. The Labute approximate surface area is 199 Å². The molecule has 7 nitrogen and oxygen atoms in total. The minimum Gasteiger partial charge on any atom is -0.478 e. The number of hydrogen-bond acceptors (Lipinski definition) is 7. The molecule has 3 N–H and O–H groups in total. The number of benzene rings is 1. The molecule has 5 aromatic rings. The quantitative estimate of drug-likeness (QED) is 0.301. The van der Waals surface area contributed by atoms with E-state index in [1.54, 1.807) is 35.9 Å². The number of rotatable bonds is 7. The molecule has 0 aliphatic carbocycles. The summed E-state index contributed by atoms with van der Waals surface area (Å²) in [6.45, 7) is 0.184. The van der Waals surface area contributed by atoms with E-state index in [4.69, 9.17) is 20.0 Å². The number of carboxylic acid groups (broad SMARTS) is 1. The number of carbonyl (C=O) groups is 1. The second kappa shape index (κ2) is 9.21. The van der Waals surface area contributed by atoms with Crippen molar-refractivity contribution in [3.05, 3.63) is 95.6 Å². The van der Waals surface area contributed by atoms with Crippen LogP contribution in [0.25, 0.3) is 33.2 Å². The van der Waals surface area contributed by atoms with Crippen LogP contribution in [0.15, 0.2) is 88.9 Å². The van der Waals surface area contributed by atoms with Gasteiger partial charge in [-0.3, -0.25) is 4.98 Å². The first-order valence-corrected chi connectivity index (χ1v) is 11.3. The van der Waals surface area contributed by atoms with Crippen LogP contribution >= 0.6 is 11.3 Å². The average Bonchev–Trinajstić information content (AvgIpc) is 3.57. The van der Waals surface area contributed by atoms with E-state index in [2.05, 4.69) is 9.97 Å². The van der Waals surface area contributed by atoms with Gasteiger partial charge in [-0.05, 0) is 59.5 Å². The molecular formula is C26H19N3O4S. The first kappa shape index (κ1) is 21.4. The Hall–Kier alpha value is -4.43. The smallest absolute Gasteiger partial charge is 0.335 e. The van der Waals surface area contributed by atoms with Gasteiger partial charge < -0.3 is 20.0 Å². The maximum Gasteiger partial charge on any atom is 0.335 e.